The lowest BCUT2D eigenvalue weighted by molar-refractivity contribution is 1.43. The fourth-order valence-electron chi connectivity index (χ4n) is 1.74. The van der Waals surface area contributed by atoms with E-state index in [1.54, 1.807) is 11.3 Å². The molecule has 0 saturated heterocycles. The Morgan fingerprint density at radius 1 is 1.11 bits per heavy atom. The molecular weight excluding hydrogens is 308 g/mol. The van der Waals surface area contributed by atoms with Crippen LogP contribution in [0.1, 0.15) is 5.56 Å². The molecule has 2 nitrogen and oxygen atoms in total. The molecule has 1 N–H and O–H groups in total. The van der Waals surface area contributed by atoms with E-state index in [1.165, 1.54) is 10.3 Å². The number of fused-ring (bicyclic) bond motifs is 1. The Labute approximate surface area is 118 Å². The van der Waals surface area contributed by atoms with Crippen molar-refractivity contribution in [2.45, 2.75) is 6.92 Å². The molecule has 0 spiro atoms. The van der Waals surface area contributed by atoms with Gasteiger partial charge in [0.1, 0.15) is 0 Å². The van der Waals surface area contributed by atoms with Crippen LogP contribution in [0.4, 0.5) is 10.8 Å². The molecule has 2 aromatic carbocycles. The molecule has 0 fully saturated rings. The van der Waals surface area contributed by atoms with Crippen LogP contribution in [0.2, 0.25) is 0 Å². The Kier molecular flexibility index (Phi) is 3.06. The van der Waals surface area contributed by atoms with Crippen LogP contribution in [0.5, 0.6) is 0 Å². The van der Waals surface area contributed by atoms with E-state index in [0.717, 1.165) is 20.8 Å². The zero-order valence-electron chi connectivity index (χ0n) is 9.77. The van der Waals surface area contributed by atoms with Gasteiger partial charge in [-0.25, -0.2) is 4.98 Å². The van der Waals surface area contributed by atoms with E-state index in [2.05, 4.69) is 51.4 Å². The molecule has 0 amide bonds. The summed E-state index contributed by atoms with van der Waals surface area (Å²) in [5.41, 5.74) is 3.36. The molecule has 0 bridgehead atoms. The summed E-state index contributed by atoms with van der Waals surface area (Å²) in [6.45, 7) is 2.10. The fraction of sp³-hybridized carbons (Fsp3) is 0.0714. The van der Waals surface area contributed by atoms with Gasteiger partial charge in [0.25, 0.3) is 0 Å². The molecule has 18 heavy (non-hydrogen) atoms. The third-order valence-corrected chi connectivity index (χ3v) is 4.10. The lowest BCUT2D eigenvalue weighted by atomic mass is 10.2. The number of halogens is 1. The second kappa shape index (κ2) is 4.71. The first-order valence-electron chi connectivity index (χ1n) is 5.60. The van der Waals surface area contributed by atoms with E-state index in [0.29, 0.717) is 0 Å². The van der Waals surface area contributed by atoms with Crippen LogP contribution in [0.15, 0.2) is 46.9 Å². The molecule has 0 saturated carbocycles. The number of thiazole rings is 1. The van der Waals surface area contributed by atoms with Crippen LogP contribution < -0.4 is 5.32 Å². The Hall–Kier alpha value is -1.39. The van der Waals surface area contributed by atoms with E-state index >= 15 is 0 Å². The van der Waals surface area contributed by atoms with Gasteiger partial charge in [-0.2, -0.15) is 0 Å². The van der Waals surface area contributed by atoms with Crippen molar-refractivity contribution in [1.82, 2.24) is 4.98 Å². The molecule has 1 heterocycles. The minimum Gasteiger partial charge on any atom is -0.332 e. The van der Waals surface area contributed by atoms with Gasteiger partial charge in [-0.15, -0.1) is 0 Å². The number of hydrogen-bond donors (Lipinski definition) is 1. The van der Waals surface area contributed by atoms with Crippen molar-refractivity contribution in [2.24, 2.45) is 0 Å². The zero-order chi connectivity index (χ0) is 12.5. The van der Waals surface area contributed by atoms with Gasteiger partial charge in [-0.3, -0.25) is 0 Å². The number of aromatic nitrogens is 1. The SMILES string of the molecule is Cc1ccc2nc(Nc3ccc(Br)cc3)sc2c1. The average Bonchev–Trinajstić information content (AvgIpc) is 2.73. The molecule has 90 valence electrons. The fourth-order valence-corrected chi connectivity index (χ4v) is 2.99. The normalized spacial score (nSPS) is 10.8. The molecule has 0 atom stereocenters. The van der Waals surface area contributed by atoms with E-state index in [1.807, 2.05) is 24.3 Å². The standard InChI is InChI=1S/C14H11BrN2S/c1-9-2-7-12-13(8-9)18-14(17-12)16-11-5-3-10(15)4-6-11/h2-8H,1H3,(H,16,17). The molecule has 0 aliphatic carbocycles. The lowest BCUT2D eigenvalue weighted by Gasteiger charge is -2.01. The molecule has 0 unspecified atom stereocenters. The Balaban J connectivity index is 1.92. The Morgan fingerprint density at radius 3 is 2.67 bits per heavy atom. The van der Waals surface area contributed by atoms with Crippen molar-refractivity contribution in [3.05, 3.63) is 52.5 Å². The van der Waals surface area contributed by atoms with Gasteiger partial charge in [0.15, 0.2) is 5.13 Å². The van der Waals surface area contributed by atoms with E-state index < -0.39 is 0 Å². The Morgan fingerprint density at radius 2 is 1.89 bits per heavy atom. The van der Waals surface area contributed by atoms with E-state index in [9.17, 15) is 0 Å². The van der Waals surface area contributed by atoms with Crippen LogP contribution in [-0.2, 0) is 0 Å². The van der Waals surface area contributed by atoms with Crippen molar-refractivity contribution in [1.29, 1.82) is 0 Å². The van der Waals surface area contributed by atoms with Crippen LogP contribution in [0, 0.1) is 6.92 Å². The molecule has 0 radical (unpaired) electrons. The highest BCUT2D eigenvalue weighted by Gasteiger charge is 2.04. The quantitative estimate of drug-likeness (QED) is 0.710. The summed E-state index contributed by atoms with van der Waals surface area (Å²) in [6.07, 6.45) is 0. The smallest absolute Gasteiger partial charge is 0.188 e. The number of nitrogens with one attached hydrogen (secondary N) is 1. The number of benzene rings is 2. The summed E-state index contributed by atoms with van der Waals surface area (Å²) in [5, 5.41) is 4.26. The van der Waals surface area contributed by atoms with Crippen LogP contribution in [0.25, 0.3) is 10.2 Å². The topological polar surface area (TPSA) is 24.9 Å². The lowest BCUT2D eigenvalue weighted by Crippen LogP contribution is -1.87. The van der Waals surface area contributed by atoms with Gasteiger partial charge >= 0.3 is 0 Å². The summed E-state index contributed by atoms with van der Waals surface area (Å²) >= 11 is 5.10. The first-order chi connectivity index (χ1) is 8.70. The van der Waals surface area contributed by atoms with Gasteiger partial charge in [-0.05, 0) is 48.9 Å². The summed E-state index contributed by atoms with van der Waals surface area (Å²) in [5.74, 6) is 0. The van der Waals surface area contributed by atoms with Gasteiger partial charge < -0.3 is 5.32 Å². The van der Waals surface area contributed by atoms with Crippen LogP contribution in [-0.4, -0.2) is 4.98 Å². The molecule has 1 aromatic heterocycles. The first kappa shape index (κ1) is 11.7. The first-order valence-corrected chi connectivity index (χ1v) is 7.21. The van der Waals surface area contributed by atoms with Crippen molar-refractivity contribution in [2.75, 3.05) is 5.32 Å². The molecule has 0 aliphatic rings. The minimum absolute atomic E-state index is 0.929. The van der Waals surface area contributed by atoms with Crippen LogP contribution in [0.3, 0.4) is 0 Å². The number of nitrogens with zero attached hydrogens (tertiary/aromatic N) is 1. The van der Waals surface area contributed by atoms with Gasteiger partial charge in [0, 0.05) is 10.2 Å². The maximum atomic E-state index is 4.57. The van der Waals surface area contributed by atoms with E-state index in [4.69, 9.17) is 0 Å². The highest BCUT2D eigenvalue weighted by molar-refractivity contribution is 9.10. The van der Waals surface area contributed by atoms with Crippen molar-refractivity contribution >= 4 is 48.3 Å². The van der Waals surface area contributed by atoms with Crippen molar-refractivity contribution in [3.8, 4) is 0 Å². The molecule has 3 aromatic rings. The number of rotatable bonds is 2. The van der Waals surface area contributed by atoms with Gasteiger partial charge in [0.2, 0.25) is 0 Å². The third-order valence-electron chi connectivity index (χ3n) is 2.64. The predicted octanol–water partition coefficient (Wildman–Crippen LogP) is 5.11. The molecule has 0 aliphatic heterocycles. The average molecular weight is 319 g/mol. The second-order valence-corrected chi connectivity index (χ2v) is 6.07. The van der Waals surface area contributed by atoms with E-state index in [-0.39, 0.29) is 0 Å². The summed E-state index contributed by atoms with van der Waals surface area (Å²) in [4.78, 5) is 4.57. The molecule has 3 rings (SSSR count). The predicted molar refractivity (Wildman–Crippen MR) is 81.8 cm³/mol. The second-order valence-electron chi connectivity index (χ2n) is 4.12. The monoisotopic (exact) mass is 318 g/mol. The van der Waals surface area contributed by atoms with Crippen molar-refractivity contribution < 1.29 is 0 Å². The van der Waals surface area contributed by atoms with Gasteiger partial charge in [-0.1, -0.05) is 33.3 Å². The summed E-state index contributed by atoms with van der Waals surface area (Å²) in [7, 11) is 0. The van der Waals surface area contributed by atoms with Gasteiger partial charge in [0.05, 0.1) is 10.2 Å². The highest BCUT2D eigenvalue weighted by atomic mass is 79.9. The third kappa shape index (κ3) is 2.40. The number of aryl methyl sites for hydroxylation is 1. The maximum absolute atomic E-state index is 4.57. The minimum atomic E-state index is 0.929. The highest BCUT2D eigenvalue weighted by Crippen LogP contribution is 2.29. The zero-order valence-corrected chi connectivity index (χ0v) is 12.2. The van der Waals surface area contributed by atoms with Crippen LogP contribution >= 0.6 is 27.3 Å². The maximum Gasteiger partial charge on any atom is 0.188 e. The summed E-state index contributed by atoms with van der Waals surface area (Å²) in [6, 6.07) is 14.4. The molecule has 4 heteroatoms. The Bertz CT molecular complexity index is 689. The molecular formula is C14H11BrN2S. The number of hydrogen-bond acceptors (Lipinski definition) is 3. The number of anilines is 2. The van der Waals surface area contributed by atoms with Crippen molar-refractivity contribution in [3.63, 3.8) is 0 Å². The summed E-state index contributed by atoms with van der Waals surface area (Å²) < 4.78 is 2.29. The largest absolute Gasteiger partial charge is 0.332 e.